The summed E-state index contributed by atoms with van der Waals surface area (Å²) in [6.07, 6.45) is 4.54. The number of rotatable bonds is 5. The van der Waals surface area contributed by atoms with Gasteiger partial charge >= 0.3 is 0 Å². The van der Waals surface area contributed by atoms with Gasteiger partial charge in [-0.3, -0.25) is 9.59 Å². The van der Waals surface area contributed by atoms with Crippen molar-refractivity contribution in [2.75, 3.05) is 13.1 Å². The second-order valence-electron chi connectivity index (χ2n) is 6.44. The molecule has 0 aromatic heterocycles. The molecule has 0 bridgehead atoms. The summed E-state index contributed by atoms with van der Waals surface area (Å²) in [5.41, 5.74) is 0.319. The van der Waals surface area contributed by atoms with E-state index in [1.54, 1.807) is 0 Å². The van der Waals surface area contributed by atoms with E-state index in [-0.39, 0.29) is 17.9 Å². The Morgan fingerprint density at radius 1 is 1.37 bits per heavy atom. The molecule has 19 heavy (non-hydrogen) atoms. The zero-order valence-corrected chi connectivity index (χ0v) is 12.4. The maximum Gasteiger partial charge on any atom is 0.245 e. The molecule has 1 heterocycles. The maximum absolute atomic E-state index is 12.5. The van der Waals surface area contributed by atoms with Gasteiger partial charge in [0.1, 0.15) is 6.04 Å². The first-order valence-electron chi connectivity index (χ1n) is 7.56. The Labute approximate surface area is 115 Å². The van der Waals surface area contributed by atoms with Gasteiger partial charge in [0, 0.05) is 19.5 Å². The molecule has 2 rings (SSSR count). The molecule has 0 aromatic carbocycles. The number of carbonyl (C=O) groups is 2. The molecule has 0 aromatic rings. The average molecular weight is 266 g/mol. The highest BCUT2D eigenvalue weighted by Crippen LogP contribution is 2.52. The van der Waals surface area contributed by atoms with Crippen LogP contribution in [0.3, 0.4) is 0 Å². The summed E-state index contributed by atoms with van der Waals surface area (Å²) in [6, 6.07) is -0.303. The highest BCUT2D eigenvalue weighted by Gasteiger charge is 2.47. The second-order valence-corrected chi connectivity index (χ2v) is 6.44. The van der Waals surface area contributed by atoms with Crippen LogP contribution in [0.1, 0.15) is 52.9 Å². The van der Waals surface area contributed by atoms with Crippen molar-refractivity contribution in [3.05, 3.63) is 0 Å². The Hall–Kier alpha value is -1.06. The summed E-state index contributed by atoms with van der Waals surface area (Å²) in [5, 5.41) is 2.86. The van der Waals surface area contributed by atoms with Crippen LogP contribution in [0.5, 0.6) is 0 Å². The summed E-state index contributed by atoms with van der Waals surface area (Å²) >= 11 is 0. The summed E-state index contributed by atoms with van der Waals surface area (Å²) in [5.74, 6) is 0.750. The van der Waals surface area contributed by atoms with Crippen LogP contribution in [0.4, 0.5) is 0 Å². The van der Waals surface area contributed by atoms with Gasteiger partial charge in [0.15, 0.2) is 0 Å². The van der Waals surface area contributed by atoms with Gasteiger partial charge in [-0.1, -0.05) is 27.2 Å². The molecular formula is C15H26N2O2. The van der Waals surface area contributed by atoms with Crippen molar-refractivity contribution >= 4 is 11.8 Å². The number of nitrogens with zero attached hydrogens (tertiary/aromatic N) is 1. The van der Waals surface area contributed by atoms with E-state index >= 15 is 0 Å². The van der Waals surface area contributed by atoms with Gasteiger partial charge < -0.3 is 10.2 Å². The van der Waals surface area contributed by atoms with Gasteiger partial charge in [-0.15, -0.1) is 0 Å². The fraction of sp³-hybridized carbons (Fsp3) is 0.867. The van der Waals surface area contributed by atoms with Crippen LogP contribution in [0.15, 0.2) is 0 Å². The van der Waals surface area contributed by atoms with E-state index in [2.05, 4.69) is 19.2 Å². The lowest BCUT2D eigenvalue weighted by Gasteiger charge is -2.30. The number of hydrogen-bond donors (Lipinski definition) is 1. The Morgan fingerprint density at radius 3 is 2.58 bits per heavy atom. The van der Waals surface area contributed by atoms with Crippen molar-refractivity contribution < 1.29 is 9.59 Å². The summed E-state index contributed by atoms with van der Waals surface area (Å²) in [4.78, 5) is 26.1. The van der Waals surface area contributed by atoms with Crippen LogP contribution in [0.25, 0.3) is 0 Å². The molecule has 1 aliphatic carbocycles. The van der Waals surface area contributed by atoms with Crippen LogP contribution in [0.2, 0.25) is 0 Å². The normalized spacial score (nSPS) is 26.3. The maximum atomic E-state index is 12.5. The van der Waals surface area contributed by atoms with Crippen LogP contribution >= 0.6 is 0 Å². The molecule has 1 aliphatic heterocycles. The van der Waals surface area contributed by atoms with Gasteiger partial charge in [0.2, 0.25) is 11.8 Å². The number of amides is 2. The van der Waals surface area contributed by atoms with Crippen molar-refractivity contribution in [2.45, 2.75) is 58.9 Å². The third-order valence-corrected chi connectivity index (χ3v) is 4.75. The molecule has 4 heteroatoms. The third kappa shape index (κ3) is 3.10. The van der Waals surface area contributed by atoms with Gasteiger partial charge in [-0.25, -0.2) is 0 Å². The lowest BCUT2D eigenvalue weighted by atomic mass is 9.91. The first kappa shape index (κ1) is 14.4. The average Bonchev–Trinajstić information content (AvgIpc) is 3.14. The molecule has 108 valence electrons. The van der Waals surface area contributed by atoms with Gasteiger partial charge in [-0.05, 0) is 30.6 Å². The van der Waals surface area contributed by atoms with E-state index in [0.717, 1.165) is 19.4 Å². The predicted molar refractivity (Wildman–Crippen MR) is 74.5 cm³/mol. The van der Waals surface area contributed by atoms with E-state index in [4.69, 9.17) is 0 Å². The third-order valence-electron chi connectivity index (χ3n) is 4.75. The Kier molecular flexibility index (Phi) is 4.16. The zero-order valence-electron chi connectivity index (χ0n) is 12.4. The van der Waals surface area contributed by atoms with E-state index in [1.165, 1.54) is 12.8 Å². The van der Waals surface area contributed by atoms with E-state index in [1.807, 2.05) is 11.8 Å². The van der Waals surface area contributed by atoms with Gasteiger partial charge in [0.25, 0.3) is 0 Å². The summed E-state index contributed by atoms with van der Waals surface area (Å²) in [7, 11) is 0. The Balaban J connectivity index is 2.06. The Bertz CT molecular complexity index is 361. The number of hydrogen-bond acceptors (Lipinski definition) is 2. The standard InChI is InChI=1S/C15H26N2O2/c1-4-5-12-14(19)17(9-6-13(18)16-12)10-15(7-8-15)11(2)3/h11-12H,4-10H2,1-3H3,(H,16,18). The topological polar surface area (TPSA) is 49.4 Å². The van der Waals surface area contributed by atoms with Crippen LogP contribution in [0, 0.1) is 11.3 Å². The molecule has 2 amide bonds. The summed E-state index contributed by atoms with van der Waals surface area (Å²) in [6.45, 7) is 7.94. The minimum atomic E-state index is -0.303. The smallest absolute Gasteiger partial charge is 0.245 e. The van der Waals surface area contributed by atoms with E-state index in [9.17, 15) is 9.59 Å². The molecule has 0 spiro atoms. The van der Waals surface area contributed by atoms with Crippen molar-refractivity contribution in [3.63, 3.8) is 0 Å². The minimum Gasteiger partial charge on any atom is -0.344 e. The first-order chi connectivity index (χ1) is 8.98. The molecule has 4 nitrogen and oxygen atoms in total. The lowest BCUT2D eigenvalue weighted by Crippen LogP contribution is -2.46. The highest BCUT2D eigenvalue weighted by molar-refractivity contribution is 5.89. The summed E-state index contributed by atoms with van der Waals surface area (Å²) < 4.78 is 0. The SMILES string of the molecule is CCCC1NC(=O)CCN(CC2(C(C)C)CC2)C1=O. The molecule has 1 N–H and O–H groups in total. The molecule has 1 atom stereocenters. The molecule has 0 radical (unpaired) electrons. The van der Waals surface area contributed by atoms with Gasteiger partial charge in [-0.2, -0.15) is 0 Å². The minimum absolute atomic E-state index is 0.0173. The molecule has 2 aliphatic rings. The Morgan fingerprint density at radius 2 is 2.05 bits per heavy atom. The van der Waals surface area contributed by atoms with Crippen molar-refractivity contribution in [2.24, 2.45) is 11.3 Å². The molecular weight excluding hydrogens is 240 g/mol. The molecule has 1 saturated heterocycles. The second kappa shape index (κ2) is 5.51. The lowest BCUT2D eigenvalue weighted by molar-refractivity contribution is -0.134. The van der Waals surface area contributed by atoms with Crippen LogP contribution in [-0.4, -0.2) is 35.8 Å². The van der Waals surface area contributed by atoms with Crippen LogP contribution < -0.4 is 5.32 Å². The van der Waals surface area contributed by atoms with Crippen molar-refractivity contribution in [3.8, 4) is 0 Å². The number of carbonyl (C=O) groups excluding carboxylic acids is 2. The van der Waals surface area contributed by atoms with Crippen LogP contribution in [-0.2, 0) is 9.59 Å². The van der Waals surface area contributed by atoms with E-state index in [0.29, 0.717) is 24.3 Å². The van der Waals surface area contributed by atoms with Crippen molar-refractivity contribution in [1.82, 2.24) is 10.2 Å². The molecule has 1 saturated carbocycles. The first-order valence-corrected chi connectivity index (χ1v) is 7.56. The monoisotopic (exact) mass is 266 g/mol. The highest BCUT2D eigenvalue weighted by atomic mass is 16.2. The zero-order chi connectivity index (χ0) is 14.0. The quantitative estimate of drug-likeness (QED) is 0.826. The number of nitrogens with one attached hydrogen (secondary N) is 1. The van der Waals surface area contributed by atoms with Crippen molar-refractivity contribution in [1.29, 1.82) is 0 Å². The van der Waals surface area contributed by atoms with Gasteiger partial charge in [0.05, 0.1) is 0 Å². The molecule has 1 unspecified atom stereocenters. The predicted octanol–water partition coefficient (Wildman–Crippen LogP) is 1.94. The largest absolute Gasteiger partial charge is 0.344 e. The molecule has 2 fully saturated rings. The fourth-order valence-electron chi connectivity index (χ4n) is 3.00. The fourth-order valence-corrected chi connectivity index (χ4v) is 3.00. The van der Waals surface area contributed by atoms with E-state index < -0.39 is 0 Å².